The number of aromatic amines is 1. The smallest absolute Gasteiger partial charge is 0.198 e. The molecule has 0 spiro atoms. The number of pyridine rings is 1. The Morgan fingerprint density at radius 1 is 0.963 bits per heavy atom. The van der Waals surface area contributed by atoms with Gasteiger partial charge in [0.25, 0.3) is 0 Å². The molecule has 0 saturated heterocycles. The van der Waals surface area contributed by atoms with E-state index in [2.05, 4.69) is 39.3 Å². The molecule has 0 aliphatic rings. The van der Waals surface area contributed by atoms with Crippen molar-refractivity contribution in [3.05, 3.63) is 72.3 Å². The molecule has 2 aromatic carbocycles. The highest BCUT2D eigenvalue weighted by atomic mass is 16.1. The Kier molecular flexibility index (Phi) is 7.07. The maximum absolute atomic E-state index is 8.00. The van der Waals surface area contributed by atoms with E-state index in [1.54, 1.807) is 0 Å². The molecule has 27 heavy (non-hydrogen) atoms. The lowest BCUT2D eigenvalue weighted by molar-refractivity contribution is -0.0979. The van der Waals surface area contributed by atoms with Crippen LogP contribution in [-0.2, 0) is 4.79 Å². The number of benzene rings is 2. The number of nitrogens with zero attached hydrogens (tertiary/aromatic N) is 2. The summed E-state index contributed by atoms with van der Waals surface area (Å²) in [5, 5.41) is 3.03. The molecule has 0 bridgehead atoms. The van der Waals surface area contributed by atoms with Crippen molar-refractivity contribution in [1.29, 1.82) is 0 Å². The van der Waals surface area contributed by atoms with Crippen LogP contribution in [0, 0.1) is 6.92 Å². The van der Waals surface area contributed by atoms with Crippen molar-refractivity contribution in [2.24, 2.45) is 0 Å². The van der Waals surface area contributed by atoms with Gasteiger partial charge >= 0.3 is 0 Å². The molecule has 4 rings (SSSR count). The molecule has 0 aliphatic carbocycles. The Balaban J connectivity index is 0.000000244. The summed E-state index contributed by atoms with van der Waals surface area (Å²) in [6.07, 6.45) is 0. The van der Waals surface area contributed by atoms with E-state index in [4.69, 9.17) is 10.5 Å². The van der Waals surface area contributed by atoms with E-state index in [0.717, 1.165) is 28.1 Å². The first kappa shape index (κ1) is 19.7. The van der Waals surface area contributed by atoms with E-state index < -0.39 is 0 Å². The first-order valence-corrected chi connectivity index (χ1v) is 8.36. The van der Waals surface area contributed by atoms with Crippen LogP contribution in [0.1, 0.15) is 5.56 Å². The number of anilines is 2. The number of aryl methyl sites for hydroxylation is 1. The Hall–Kier alpha value is -3.67. The van der Waals surface area contributed by atoms with Gasteiger partial charge < -0.3 is 20.8 Å². The number of hydrogen-bond acceptors (Lipinski definition) is 5. The molecule has 0 radical (unpaired) electrons. The molecule has 138 valence electrons. The fourth-order valence-corrected chi connectivity index (χ4v) is 2.46. The largest absolute Gasteiger partial charge is 0.373 e. The molecule has 0 saturated carbocycles. The van der Waals surface area contributed by atoms with Crippen molar-refractivity contribution in [2.45, 2.75) is 6.92 Å². The zero-order valence-corrected chi connectivity index (χ0v) is 15.4. The van der Waals surface area contributed by atoms with Crippen molar-refractivity contribution in [1.82, 2.24) is 15.0 Å². The van der Waals surface area contributed by atoms with Gasteiger partial charge in [0, 0.05) is 12.6 Å². The molecular weight excluding hydrogens is 338 g/mol. The third-order valence-electron chi connectivity index (χ3n) is 3.74. The quantitative estimate of drug-likeness (QED) is 0.500. The topological polar surface area (TPSA) is 96.7 Å². The summed E-state index contributed by atoms with van der Waals surface area (Å²) >= 11 is 0. The lowest BCUT2D eigenvalue weighted by Crippen LogP contribution is -1.93. The van der Waals surface area contributed by atoms with Crippen LogP contribution in [0.2, 0.25) is 0 Å². The molecule has 0 aliphatic heterocycles. The van der Waals surface area contributed by atoms with Gasteiger partial charge in [-0.3, -0.25) is 0 Å². The van der Waals surface area contributed by atoms with Crippen molar-refractivity contribution in [2.75, 3.05) is 18.1 Å². The standard InChI is InChI=1S/C13H13N5.C7H8.CH2O/c1-15-12-4-2-3-9(16-12)8-5-6-10-11(7-8)18-13(14)17-10;1-7-5-3-2-4-6-7;1-2/h2-7H,1H3,(H,15,16)(H3,14,17,18);2-6H,1H3;1H2. The minimum absolute atomic E-state index is 0.430. The second-order valence-corrected chi connectivity index (χ2v) is 5.67. The second kappa shape index (κ2) is 9.72. The van der Waals surface area contributed by atoms with E-state index in [0.29, 0.717) is 5.95 Å². The molecule has 6 heteroatoms. The van der Waals surface area contributed by atoms with Crippen molar-refractivity contribution < 1.29 is 4.79 Å². The van der Waals surface area contributed by atoms with Gasteiger partial charge in [-0.25, -0.2) is 9.97 Å². The summed E-state index contributed by atoms with van der Waals surface area (Å²) in [4.78, 5) is 19.7. The van der Waals surface area contributed by atoms with Gasteiger partial charge in [-0.05, 0) is 31.2 Å². The maximum atomic E-state index is 8.00. The van der Waals surface area contributed by atoms with Crippen molar-refractivity contribution in [3.63, 3.8) is 0 Å². The van der Waals surface area contributed by atoms with Gasteiger partial charge in [-0.1, -0.05) is 48.0 Å². The molecule has 6 nitrogen and oxygen atoms in total. The number of aromatic nitrogens is 3. The van der Waals surface area contributed by atoms with Crippen LogP contribution in [0.15, 0.2) is 66.7 Å². The highest BCUT2D eigenvalue weighted by Gasteiger charge is 2.04. The lowest BCUT2D eigenvalue weighted by Gasteiger charge is -2.03. The van der Waals surface area contributed by atoms with Crippen molar-refractivity contribution >= 4 is 29.6 Å². The van der Waals surface area contributed by atoms with Crippen LogP contribution < -0.4 is 11.1 Å². The molecule has 2 aromatic heterocycles. The number of nitrogens with two attached hydrogens (primary N) is 1. The van der Waals surface area contributed by atoms with Gasteiger partial charge in [0.1, 0.15) is 12.6 Å². The van der Waals surface area contributed by atoms with Crippen LogP contribution in [0.4, 0.5) is 11.8 Å². The highest BCUT2D eigenvalue weighted by Crippen LogP contribution is 2.23. The summed E-state index contributed by atoms with van der Waals surface area (Å²) in [7, 11) is 1.85. The summed E-state index contributed by atoms with van der Waals surface area (Å²) in [5.74, 6) is 1.27. The Morgan fingerprint density at radius 2 is 1.70 bits per heavy atom. The van der Waals surface area contributed by atoms with E-state index in [9.17, 15) is 0 Å². The summed E-state index contributed by atoms with van der Waals surface area (Å²) in [6.45, 7) is 4.08. The van der Waals surface area contributed by atoms with E-state index in [-0.39, 0.29) is 0 Å². The normalized spacial score (nSPS) is 9.56. The predicted octanol–water partition coefficient (Wildman–Crippen LogP) is 4.06. The van der Waals surface area contributed by atoms with Gasteiger partial charge in [-0.2, -0.15) is 0 Å². The fourth-order valence-electron chi connectivity index (χ4n) is 2.46. The average Bonchev–Trinajstić information content (AvgIpc) is 3.10. The average molecular weight is 361 g/mol. The molecule has 4 N–H and O–H groups in total. The fraction of sp³-hybridized carbons (Fsp3) is 0.0952. The monoisotopic (exact) mass is 361 g/mol. The van der Waals surface area contributed by atoms with E-state index in [1.165, 1.54) is 5.56 Å². The highest BCUT2D eigenvalue weighted by molar-refractivity contribution is 5.82. The van der Waals surface area contributed by atoms with Crippen LogP contribution in [0.5, 0.6) is 0 Å². The summed E-state index contributed by atoms with van der Waals surface area (Å²) < 4.78 is 0. The number of nitrogen functional groups attached to an aromatic ring is 1. The second-order valence-electron chi connectivity index (χ2n) is 5.67. The molecule has 0 amide bonds. The van der Waals surface area contributed by atoms with Crippen LogP contribution in [-0.4, -0.2) is 28.8 Å². The van der Waals surface area contributed by atoms with Crippen LogP contribution in [0.25, 0.3) is 22.3 Å². The molecular formula is C21H23N5O. The predicted molar refractivity (Wildman–Crippen MR) is 112 cm³/mol. The van der Waals surface area contributed by atoms with Crippen molar-refractivity contribution in [3.8, 4) is 11.3 Å². The zero-order valence-electron chi connectivity index (χ0n) is 15.4. The third-order valence-corrected chi connectivity index (χ3v) is 3.74. The van der Waals surface area contributed by atoms with E-state index in [1.807, 2.05) is 68.4 Å². The molecule has 0 unspecified atom stereocenters. The number of carbonyl (C=O) groups is 1. The first-order valence-electron chi connectivity index (χ1n) is 8.36. The Morgan fingerprint density at radius 3 is 2.33 bits per heavy atom. The minimum atomic E-state index is 0.430. The number of fused-ring (bicyclic) bond motifs is 1. The van der Waals surface area contributed by atoms with Gasteiger partial charge in [0.2, 0.25) is 0 Å². The van der Waals surface area contributed by atoms with Gasteiger partial charge in [0.05, 0.1) is 16.7 Å². The van der Waals surface area contributed by atoms with Crippen LogP contribution >= 0.6 is 0 Å². The lowest BCUT2D eigenvalue weighted by atomic mass is 10.1. The summed E-state index contributed by atoms with van der Waals surface area (Å²) in [5.41, 5.74) is 10.7. The number of imidazole rings is 1. The Bertz CT molecular complexity index is 982. The van der Waals surface area contributed by atoms with Gasteiger partial charge in [-0.15, -0.1) is 0 Å². The number of rotatable bonds is 2. The number of carbonyl (C=O) groups excluding carboxylic acids is 1. The number of H-pyrrole nitrogens is 1. The van der Waals surface area contributed by atoms with E-state index >= 15 is 0 Å². The van der Waals surface area contributed by atoms with Gasteiger partial charge in [0.15, 0.2) is 5.95 Å². The zero-order chi connectivity index (χ0) is 19.6. The number of hydrogen-bond donors (Lipinski definition) is 3. The molecule has 2 heterocycles. The molecule has 4 aromatic rings. The molecule has 0 atom stereocenters. The number of nitrogens with one attached hydrogen (secondary N) is 2. The maximum Gasteiger partial charge on any atom is 0.198 e. The third kappa shape index (κ3) is 5.40. The Labute approximate surface area is 158 Å². The molecule has 0 fully saturated rings. The summed E-state index contributed by atoms with van der Waals surface area (Å²) in [6, 6.07) is 22.1. The first-order chi connectivity index (χ1) is 13.2. The minimum Gasteiger partial charge on any atom is -0.373 e. The van der Waals surface area contributed by atoms with Crippen LogP contribution in [0.3, 0.4) is 0 Å². The SMILES string of the molecule is C=O.CNc1cccc(-c2ccc3nc(N)[nH]c3c2)n1.Cc1ccccc1.